The van der Waals surface area contributed by atoms with E-state index < -0.39 is 0 Å². The number of rotatable bonds is 5. The van der Waals surface area contributed by atoms with Crippen LogP contribution < -0.4 is 5.32 Å². The van der Waals surface area contributed by atoms with E-state index in [4.69, 9.17) is 11.6 Å². The SMILES string of the molecule is CC(C)CC1(C(=O)NC2(CCl)CCCC2)CCCC1. The number of amides is 1. The third kappa shape index (κ3) is 3.26. The Morgan fingerprint density at radius 1 is 1.11 bits per heavy atom. The first kappa shape index (κ1) is 15.2. The molecule has 0 bridgehead atoms. The summed E-state index contributed by atoms with van der Waals surface area (Å²) in [5.74, 6) is 1.44. The van der Waals surface area contributed by atoms with Crippen molar-refractivity contribution in [3.63, 3.8) is 0 Å². The van der Waals surface area contributed by atoms with E-state index in [0.29, 0.717) is 17.7 Å². The zero-order chi connectivity index (χ0) is 13.9. The van der Waals surface area contributed by atoms with Gasteiger partial charge in [0.05, 0.1) is 5.54 Å². The molecule has 0 heterocycles. The van der Waals surface area contributed by atoms with Crippen LogP contribution in [0.4, 0.5) is 0 Å². The highest BCUT2D eigenvalue weighted by Gasteiger charge is 2.45. The Hall–Kier alpha value is -0.240. The van der Waals surface area contributed by atoms with Gasteiger partial charge in [-0.2, -0.15) is 0 Å². The lowest BCUT2D eigenvalue weighted by atomic mass is 9.77. The van der Waals surface area contributed by atoms with Crippen LogP contribution in [0, 0.1) is 11.3 Å². The van der Waals surface area contributed by atoms with Gasteiger partial charge >= 0.3 is 0 Å². The molecule has 3 heteroatoms. The van der Waals surface area contributed by atoms with Gasteiger partial charge in [0.2, 0.25) is 5.91 Å². The first-order valence-electron chi connectivity index (χ1n) is 7.91. The minimum Gasteiger partial charge on any atom is -0.349 e. The summed E-state index contributed by atoms with van der Waals surface area (Å²) in [5, 5.41) is 3.36. The Balaban J connectivity index is 2.07. The molecule has 1 N–H and O–H groups in total. The van der Waals surface area contributed by atoms with Crippen LogP contribution in [0.3, 0.4) is 0 Å². The zero-order valence-corrected chi connectivity index (χ0v) is 13.2. The fourth-order valence-electron chi connectivity index (χ4n) is 4.07. The highest BCUT2D eigenvalue weighted by atomic mass is 35.5. The van der Waals surface area contributed by atoms with Gasteiger partial charge in [-0.05, 0) is 38.0 Å². The Morgan fingerprint density at radius 2 is 1.63 bits per heavy atom. The van der Waals surface area contributed by atoms with Crippen LogP contribution in [-0.2, 0) is 4.79 Å². The average molecular weight is 286 g/mol. The highest BCUT2D eigenvalue weighted by molar-refractivity contribution is 6.18. The average Bonchev–Trinajstić information content (AvgIpc) is 2.99. The second kappa shape index (κ2) is 6.03. The maximum atomic E-state index is 12.9. The van der Waals surface area contributed by atoms with Crippen LogP contribution in [-0.4, -0.2) is 17.3 Å². The maximum Gasteiger partial charge on any atom is 0.226 e. The van der Waals surface area contributed by atoms with E-state index in [1.807, 2.05) is 0 Å². The number of alkyl halides is 1. The Labute approximate surface area is 122 Å². The zero-order valence-electron chi connectivity index (χ0n) is 12.4. The van der Waals surface area contributed by atoms with Gasteiger partial charge in [-0.15, -0.1) is 11.6 Å². The van der Waals surface area contributed by atoms with Crippen LogP contribution in [0.25, 0.3) is 0 Å². The van der Waals surface area contributed by atoms with Gasteiger partial charge in [0.1, 0.15) is 0 Å². The molecule has 0 aromatic heterocycles. The van der Waals surface area contributed by atoms with E-state index in [1.165, 1.54) is 25.7 Å². The van der Waals surface area contributed by atoms with Gasteiger partial charge in [-0.1, -0.05) is 39.5 Å². The molecule has 0 radical (unpaired) electrons. The molecular formula is C16H28ClNO. The maximum absolute atomic E-state index is 12.9. The molecule has 0 aliphatic heterocycles. The second-order valence-corrected chi connectivity index (χ2v) is 7.43. The van der Waals surface area contributed by atoms with Gasteiger partial charge in [0.25, 0.3) is 0 Å². The van der Waals surface area contributed by atoms with Crippen LogP contribution in [0.15, 0.2) is 0 Å². The van der Waals surface area contributed by atoms with Gasteiger partial charge in [-0.3, -0.25) is 4.79 Å². The summed E-state index contributed by atoms with van der Waals surface area (Å²) in [6.07, 6.45) is 10.1. The van der Waals surface area contributed by atoms with Gasteiger partial charge < -0.3 is 5.32 Å². The number of hydrogen-bond acceptors (Lipinski definition) is 1. The highest BCUT2D eigenvalue weighted by Crippen LogP contribution is 2.44. The molecule has 2 nitrogen and oxygen atoms in total. The van der Waals surface area contributed by atoms with Crippen LogP contribution >= 0.6 is 11.6 Å². The number of hydrogen-bond donors (Lipinski definition) is 1. The van der Waals surface area contributed by atoms with Crippen LogP contribution in [0.2, 0.25) is 0 Å². The van der Waals surface area contributed by atoms with Crippen LogP contribution in [0.5, 0.6) is 0 Å². The number of nitrogens with one attached hydrogen (secondary N) is 1. The summed E-state index contributed by atoms with van der Waals surface area (Å²) in [7, 11) is 0. The number of halogens is 1. The molecule has 110 valence electrons. The predicted molar refractivity (Wildman–Crippen MR) is 80.4 cm³/mol. The van der Waals surface area contributed by atoms with E-state index in [0.717, 1.165) is 32.1 Å². The summed E-state index contributed by atoms with van der Waals surface area (Å²) >= 11 is 6.15. The first-order chi connectivity index (χ1) is 9.02. The second-order valence-electron chi connectivity index (χ2n) is 7.16. The molecular weight excluding hydrogens is 258 g/mol. The lowest BCUT2D eigenvalue weighted by Gasteiger charge is -2.36. The molecule has 0 aromatic carbocycles. The van der Waals surface area contributed by atoms with Crippen molar-refractivity contribution in [2.24, 2.45) is 11.3 Å². The van der Waals surface area contributed by atoms with Gasteiger partial charge in [-0.25, -0.2) is 0 Å². The van der Waals surface area contributed by atoms with E-state index >= 15 is 0 Å². The third-order valence-corrected chi connectivity index (χ3v) is 5.55. The molecule has 0 atom stereocenters. The predicted octanol–water partition coefficient (Wildman–Crippen LogP) is 4.26. The minimum absolute atomic E-state index is 0.101. The number of carbonyl (C=O) groups is 1. The lowest BCUT2D eigenvalue weighted by molar-refractivity contribution is -0.133. The smallest absolute Gasteiger partial charge is 0.226 e. The molecule has 1 amide bonds. The minimum atomic E-state index is -0.106. The van der Waals surface area contributed by atoms with Gasteiger partial charge in [0, 0.05) is 11.3 Å². The third-order valence-electron chi connectivity index (χ3n) is 5.04. The monoisotopic (exact) mass is 285 g/mol. The summed E-state index contributed by atoms with van der Waals surface area (Å²) in [4.78, 5) is 12.9. The van der Waals surface area contributed by atoms with E-state index in [1.54, 1.807) is 0 Å². The molecule has 2 fully saturated rings. The summed E-state index contributed by atoms with van der Waals surface area (Å²) in [6.45, 7) is 4.44. The van der Waals surface area contributed by atoms with Crippen molar-refractivity contribution in [2.45, 2.75) is 77.2 Å². The van der Waals surface area contributed by atoms with Gasteiger partial charge in [0.15, 0.2) is 0 Å². The molecule has 0 unspecified atom stereocenters. The van der Waals surface area contributed by atoms with Crippen molar-refractivity contribution >= 4 is 17.5 Å². The van der Waals surface area contributed by atoms with Crippen molar-refractivity contribution in [1.82, 2.24) is 5.32 Å². The van der Waals surface area contributed by atoms with Crippen molar-refractivity contribution in [3.05, 3.63) is 0 Å². The summed E-state index contributed by atoms with van der Waals surface area (Å²) in [5.41, 5.74) is -0.207. The molecule has 0 spiro atoms. The standard InChI is InChI=1S/C16H28ClNO/c1-13(2)11-15(7-3-4-8-15)14(19)18-16(12-17)9-5-6-10-16/h13H,3-12H2,1-2H3,(H,18,19). The quantitative estimate of drug-likeness (QED) is 0.751. The van der Waals surface area contributed by atoms with Crippen molar-refractivity contribution in [1.29, 1.82) is 0 Å². The normalized spacial score (nSPS) is 24.8. The molecule has 0 aromatic rings. The Morgan fingerprint density at radius 3 is 2.11 bits per heavy atom. The summed E-state index contributed by atoms with van der Waals surface area (Å²) < 4.78 is 0. The molecule has 19 heavy (non-hydrogen) atoms. The molecule has 2 saturated carbocycles. The fourth-order valence-corrected chi connectivity index (χ4v) is 4.41. The van der Waals surface area contributed by atoms with E-state index in [2.05, 4.69) is 19.2 Å². The van der Waals surface area contributed by atoms with Crippen LogP contribution in [0.1, 0.15) is 71.6 Å². The van der Waals surface area contributed by atoms with Crippen molar-refractivity contribution in [2.75, 3.05) is 5.88 Å². The first-order valence-corrected chi connectivity index (χ1v) is 8.44. The number of carbonyl (C=O) groups excluding carboxylic acids is 1. The molecule has 2 aliphatic rings. The lowest BCUT2D eigenvalue weighted by Crippen LogP contribution is -2.53. The van der Waals surface area contributed by atoms with Crippen molar-refractivity contribution in [3.8, 4) is 0 Å². The molecule has 2 rings (SSSR count). The molecule has 0 saturated heterocycles. The topological polar surface area (TPSA) is 29.1 Å². The largest absolute Gasteiger partial charge is 0.349 e. The summed E-state index contributed by atoms with van der Waals surface area (Å²) in [6, 6.07) is 0. The van der Waals surface area contributed by atoms with E-state index in [9.17, 15) is 4.79 Å². The Bertz CT molecular complexity index is 315. The Kier molecular flexibility index (Phi) is 4.81. The van der Waals surface area contributed by atoms with E-state index in [-0.39, 0.29) is 11.0 Å². The fraction of sp³-hybridized carbons (Fsp3) is 0.938. The molecule has 2 aliphatic carbocycles. The van der Waals surface area contributed by atoms with Crippen molar-refractivity contribution < 1.29 is 4.79 Å².